The number of benzene rings is 2. The van der Waals surface area contributed by atoms with Crippen LogP contribution in [-0.4, -0.2) is 31.4 Å². The standard InChI is InChI=1S/C21H21N5O2S2/c1-3-26-18(12-28-15-10-8-14(2)9-11-15)24-25-21(26)29-13-19(27)23-20-22-16-6-4-5-7-17(16)30-20/h4-11H,3,12-13H2,1-2H3,(H,22,23,27). The lowest BCUT2D eigenvalue weighted by Crippen LogP contribution is -2.14. The van der Waals surface area contributed by atoms with Crippen molar-refractivity contribution in [2.24, 2.45) is 0 Å². The first-order valence-electron chi connectivity index (χ1n) is 9.52. The van der Waals surface area contributed by atoms with E-state index in [2.05, 4.69) is 20.5 Å². The van der Waals surface area contributed by atoms with Gasteiger partial charge < -0.3 is 14.6 Å². The molecular formula is C21H21N5O2S2. The van der Waals surface area contributed by atoms with Gasteiger partial charge in [0.05, 0.1) is 16.0 Å². The first-order valence-corrected chi connectivity index (χ1v) is 11.3. The maximum atomic E-state index is 12.4. The molecule has 4 aromatic rings. The third-order valence-corrected chi connectivity index (χ3v) is 6.29. The second kappa shape index (κ2) is 9.27. The average Bonchev–Trinajstić information content (AvgIpc) is 3.34. The number of aryl methyl sites for hydroxylation is 1. The number of amides is 1. The molecule has 0 spiro atoms. The van der Waals surface area contributed by atoms with Crippen LogP contribution in [0.4, 0.5) is 5.13 Å². The van der Waals surface area contributed by atoms with Crippen LogP contribution in [0.2, 0.25) is 0 Å². The van der Waals surface area contributed by atoms with Crippen LogP contribution in [0.5, 0.6) is 5.75 Å². The number of para-hydroxylation sites is 1. The third-order valence-electron chi connectivity index (χ3n) is 4.37. The highest BCUT2D eigenvalue weighted by Gasteiger charge is 2.15. The highest BCUT2D eigenvalue weighted by Crippen LogP contribution is 2.26. The van der Waals surface area contributed by atoms with Crippen LogP contribution in [0.25, 0.3) is 10.2 Å². The van der Waals surface area contributed by atoms with E-state index in [0.29, 0.717) is 23.4 Å². The van der Waals surface area contributed by atoms with Crippen LogP contribution in [0, 0.1) is 6.92 Å². The minimum atomic E-state index is -0.123. The number of thiazole rings is 1. The smallest absolute Gasteiger partial charge is 0.236 e. The predicted octanol–water partition coefficient (Wildman–Crippen LogP) is 4.53. The van der Waals surface area contributed by atoms with Gasteiger partial charge in [-0.2, -0.15) is 0 Å². The molecule has 2 aromatic heterocycles. The fourth-order valence-corrected chi connectivity index (χ4v) is 4.55. The van der Waals surface area contributed by atoms with Gasteiger partial charge in [-0.3, -0.25) is 4.79 Å². The van der Waals surface area contributed by atoms with Crippen molar-refractivity contribution in [2.75, 3.05) is 11.1 Å². The van der Waals surface area contributed by atoms with Crippen LogP contribution < -0.4 is 10.1 Å². The topological polar surface area (TPSA) is 81.9 Å². The molecule has 0 saturated heterocycles. The molecule has 0 atom stereocenters. The number of rotatable bonds is 8. The number of carbonyl (C=O) groups excluding carboxylic acids is 1. The summed E-state index contributed by atoms with van der Waals surface area (Å²) in [6.07, 6.45) is 0. The molecule has 1 N–H and O–H groups in total. The molecule has 0 radical (unpaired) electrons. The van der Waals surface area contributed by atoms with E-state index in [0.717, 1.165) is 21.8 Å². The number of aromatic nitrogens is 4. The third kappa shape index (κ3) is 4.80. The SMILES string of the molecule is CCn1c(COc2ccc(C)cc2)nnc1SCC(=O)Nc1nc2ccccc2s1. The van der Waals surface area contributed by atoms with E-state index in [4.69, 9.17) is 4.74 Å². The monoisotopic (exact) mass is 439 g/mol. The highest BCUT2D eigenvalue weighted by molar-refractivity contribution is 7.99. The summed E-state index contributed by atoms with van der Waals surface area (Å²) in [6.45, 7) is 5.07. The molecule has 9 heteroatoms. The van der Waals surface area contributed by atoms with Gasteiger partial charge in [0.25, 0.3) is 0 Å². The number of ether oxygens (including phenoxy) is 1. The Balaban J connectivity index is 1.34. The molecule has 4 rings (SSSR count). The number of hydrogen-bond acceptors (Lipinski definition) is 7. The van der Waals surface area contributed by atoms with Gasteiger partial charge in [-0.15, -0.1) is 10.2 Å². The van der Waals surface area contributed by atoms with E-state index in [1.165, 1.54) is 28.7 Å². The van der Waals surface area contributed by atoms with Gasteiger partial charge in [0.2, 0.25) is 5.91 Å². The molecule has 0 aliphatic carbocycles. The summed E-state index contributed by atoms with van der Waals surface area (Å²) < 4.78 is 8.83. The Labute approximate surface area is 182 Å². The summed E-state index contributed by atoms with van der Waals surface area (Å²) >= 11 is 2.81. The van der Waals surface area contributed by atoms with Crippen molar-refractivity contribution in [3.05, 3.63) is 59.9 Å². The number of anilines is 1. The molecule has 0 unspecified atom stereocenters. The number of fused-ring (bicyclic) bond motifs is 1. The molecule has 0 aliphatic rings. The second-order valence-electron chi connectivity index (χ2n) is 6.57. The van der Waals surface area contributed by atoms with E-state index in [-0.39, 0.29) is 11.7 Å². The zero-order valence-electron chi connectivity index (χ0n) is 16.7. The molecule has 0 aliphatic heterocycles. The number of nitrogens with zero attached hydrogens (tertiary/aromatic N) is 4. The summed E-state index contributed by atoms with van der Waals surface area (Å²) in [5.41, 5.74) is 2.07. The zero-order chi connectivity index (χ0) is 20.9. The van der Waals surface area contributed by atoms with Crippen LogP contribution in [0.1, 0.15) is 18.3 Å². The lowest BCUT2D eigenvalue weighted by Gasteiger charge is -2.09. The summed E-state index contributed by atoms with van der Waals surface area (Å²) in [5.74, 6) is 1.62. The molecule has 2 aromatic carbocycles. The predicted molar refractivity (Wildman–Crippen MR) is 120 cm³/mol. The van der Waals surface area contributed by atoms with Gasteiger partial charge in [0, 0.05) is 6.54 Å². The van der Waals surface area contributed by atoms with Crippen molar-refractivity contribution in [2.45, 2.75) is 32.2 Å². The Morgan fingerprint density at radius 1 is 1.17 bits per heavy atom. The van der Waals surface area contributed by atoms with E-state index >= 15 is 0 Å². The molecule has 0 saturated carbocycles. The summed E-state index contributed by atoms with van der Waals surface area (Å²) in [5, 5.41) is 12.6. The minimum absolute atomic E-state index is 0.123. The summed E-state index contributed by atoms with van der Waals surface area (Å²) in [4.78, 5) is 16.8. The van der Waals surface area contributed by atoms with Gasteiger partial charge in [-0.25, -0.2) is 4.98 Å². The van der Waals surface area contributed by atoms with Crippen molar-refractivity contribution in [1.29, 1.82) is 0 Å². The lowest BCUT2D eigenvalue weighted by atomic mass is 10.2. The minimum Gasteiger partial charge on any atom is -0.486 e. The molecule has 2 heterocycles. The van der Waals surface area contributed by atoms with Gasteiger partial charge in [-0.05, 0) is 38.1 Å². The largest absolute Gasteiger partial charge is 0.486 e. The molecule has 0 fully saturated rings. The molecular weight excluding hydrogens is 418 g/mol. The number of carbonyl (C=O) groups is 1. The average molecular weight is 440 g/mol. The van der Waals surface area contributed by atoms with Gasteiger partial charge >= 0.3 is 0 Å². The molecule has 0 bridgehead atoms. The van der Waals surface area contributed by atoms with Crippen LogP contribution in [-0.2, 0) is 17.9 Å². The van der Waals surface area contributed by atoms with E-state index < -0.39 is 0 Å². The Morgan fingerprint density at radius 3 is 2.73 bits per heavy atom. The van der Waals surface area contributed by atoms with E-state index in [9.17, 15) is 4.79 Å². The molecule has 154 valence electrons. The lowest BCUT2D eigenvalue weighted by molar-refractivity contribution is -0.113. The first kappa shape index (κ1) is 20.4. The van der Waals surface area contributed by atoms with Crippen molar-refractivity contribution in [3.8, 4) is 5.75 Å². The Kier molecular flexibility index (Phi) is 6.29. The highest BCUT2D eigenvalue weighted by atomic mass is 32.2. The normalized spacial score (nSPS) is 11.0. The molecule has 7 nitrogen and oxygen atoms in total. The van der Waals surface area contributed by atoms with E-state index in [1.54, 1.807) is 0 Å². The van der Waals surface area contributed by atoms with Crippen LogP contribution >= 0.6 is 23.1 Å². The van der Waals surface area contributed by atoms with E-state index in [1.807, 2.05) is 66.9 Å². The van der Waals surface area contributed by atoms with Crippen molar-refractivity contribution in [3.63, 3.8) is 0 Å². The molecule has 30 heavy (non-hydrogen) atoms. The molecule has 1 amide bonds. The Bertz CT molecular complexity index is 1120. The number of hydrogen-bond donors (Lipinski definition) is 1. The van der Waals surface area contributed by atoms with Crippen LogP contribution in [0.15, 0.2) is 53.7 Å². The maximum absolute atomic E-state index is 12.4. The fourth-order valence-electron chi connectivity index (χ4n) is 2.84. The van der Waals surface area contributed by atoms with Gasteiger partial charge in [0.1, 0.15) is 12.4 Å². The van der Waals surface area contributed by atoms with Crippen LogP contribution in [0.3, 0.4) is 0 Å². The van der Waals surface area contributed by atoms with Gasteiger partial charge in [0.15, 0.2) is 16.1 Å². The van der Waals surface area contributed by atoms with Crippen molar-refractivity contribution < 1.29 is 9.53 Å². The first-order chi connectivity index (χ1) is 14.6. The van der Waals surface area contributed by atoms with Crippen molar-refractivity contribution in [1.82, 2.24) is 19.7 Å². The summed E-state index contributed by atoms with van der Waals surface area (Å²) in [6, 6.07) is 15.7. The Hall–Kier alpha value is -2.91. The van der Waals surface area contributed by atoms with Gasteiger partial charge in [-0.1, -0.05) is 52.9 Å². The summed E-state index contributed by atoms with van der Waals surface area (Å²) in [7, 11) is 0. The second-order valence-corrected chi connectivity index (χ2v) is 8.54. The quantitative estimate of drug-likeness (QED) is 0.406. The number of thioether (sulfide) groups is 1. The maximum Gasteiger partial charge on any atom is 0.236 e. The van der Waals surface area contributed by atoms with Crippen molar-refractivity contribution >= 4 is 44.4 Å². The number of nitrogens with one attached hydrogen (secondary N) is 1. The Morgan fingerprint density at radius 2 is 1.97 bits per heavy atom. The fraction of sp³-hybridized carbons (Fsp3) is 0.238. The zero-order valence-corrected chi connectivity index (χ0v) is 18.3.